The molecule has 2 saturated heterocycles. The van der Waals surface area contributed by atoms with Crippen LogP contribution >= 0.6 is 11.6 Å². The molecular formula is C16H24ClN5. The number of benzene rings is 1. The van der Waals surface area contributed by atoms with Gasteiger partial charge in [0.15, 0.2) is 0 Å². The summed E-state index contributed by atoms with van der Waals surface area (Å²) in [4.78, 5) is 0. The molecule has 22 heavy (non-hydrogen) atoms. The maximum absolute atomic E-state index is 6.51. The van der Waals surface area contributed by atoms with E-state index in [2.05, 4.69) is 50.7 Å². The lowest BCUT2D eigenvalue weighted by molar-refractivity contribution is 0.0336. The summed E-state index contributed by atoms with van der Waals surface area (Å²) in [6, 6.07) is 10.9. The highest BCUT2D eigenvalue weighted by molar-refractivity contribution is 6.21. The number of alkyl halides is 1. The Kier molecular flexibility index (Phi) is 4.35. The lowest BCUT2D eigenvalue weighted by Gasteiger charge is -2.45. The molecule has 3 fully saturated rings. The number of hydrazine groups is 1. The van der Waals surface area contributed by atoms with Crippen LogP contribution in [0.15, 0.2) is 30.3 Å². The summed E-state index contributed by atoms with van der Waals surface area (Å²) in [6.45, 7) is 1.90. The first-order valence-electron chi connectivity index (χ1n) is 8.26. The molecule has 0 amide bonds. The maximum atomic E-state index is 6.51. The van der Waals surface area contributed by atoms with Crippen molar-refractivity contribution < 1.29 is 0 Å². The number of nitrogens with zero attached hydrogens (tertiary/aromatic N) is 1. The fourth-order valence-corrected chi connectivity index (χ4v) is 4.28. The van der Waals surface area contributed by atoms with Gasteiger partial charge in [0, 0.05) is 24.5 Å². The molecule has 1 aromatic rings. The number of halogens is 1. The lowest BCUT2D eigenvalue weighted by Crippen LogP contribution is -2.65. The Morgan fingerprint density at radius 1 is 1.18 bits per heavy atom. The monoisotopic (exact) mass is 321 g/mol. The highest BCUT2D eigenvalue weighted by Gasteiger charge is 2.43. The summed E-state index contributed by atoms with van der Waals surface area (Å²) < 4.78 is 0. The second-order valence-corrected chi connectivity index (χ2v) is 7.11. The Morgan fingerprint density at radius 2 is 2.05 bits per heavy atom. The molecule has 1 aliphatic carbocycles. The summed E-state index contributed by atoms with van der Waals surface area (Å²) in [5.41, 5.74) is 4.81. The molecule has 5 unspecified atom stereocenters. The molecule has 2 aliphatic heterocycles. The smallest absolute Gasteiger partial charge is 0.129 e. The first kappa shape index (κ1) is 14.9. The van der Waals surface area contributed by atoms with Crippen LogP contribution in [0.4, 0.5) is 0 Å². The van der Waals surface area contributed by atoms with Crippen molar-refractivity contribution in [3.63, 3.8) is 0 Å². The summed E-state index contributed by atoms with van der Waals surface area (Å²) in [5.74, 6) is 0.648. The van der Waals surface area contributed by atoms with E-state index in [0.717, 1.165) is 19.5 Å². The van der Waals surface area contributed by atoms with Crippen molar-refractivity contribution in [3.8, 4) is 0 Å². The van der Waals surface area contributed by atoms with Gasteiger partial charge in [-0.05, 0) is 24.3 Å². The van der Waals surface area contributed by atoms with E-state index >= 15 is 0 Å². The number of rotatable bonds is 3. The van der Waals surface area contributed by atoms with Gasteiger partial charge in [0.25, 0.3) is 0 Å². The van der Waals surface area contributed by atoms with Gasteiger partial charge < -0.3 is 0 Å². The van der Waals surface area contributed by atoms with E-state index in [9.17, 15) is 0 Å². The number of nitrogens with one attached hydrogen (secondary N) is 4. The molecule has 1 saturated carbocycles. The zero-order valence-electron chi connectivity index (χ0n) is 12.6. The molecule has 1 aromatic carbocycles. The highest BCUT2D eigenvalue weighted by atomic mass is 35.5. The fraction of sp³-hybridized carbons (Fsp3) is 0.625. The third kappa shape index (κ3) is 3.02. The average Bonchev–Trinajstić information content (AvgIpc) is 2.94. The molecule has 0 spiro atoms. The van der Waals surface area contributed by atoms with Crippen molar-refractivity contribution in [2.24, 2.45) is 5.92 Å². The van der Waals surface area contributed by atoms with Crippen LogP contribution in [-0.4, -0.2) is 35.6 Å². The van der Waals surface area contributed by atoms with Gasteiger partial charge in [-0.15, -0.1) is 11.6 Å². The third-order valence-corrected chi connectivity index (χ3v) is 5.51. The van der Waals surface area contributed by atoms with Gasteiger partial charge in [0.2, 0.25) is 0 Å². The minimum absolute atomic E-state index is 0.0895. The first-order valence-corrected chi connectivity index (χ1v) is 8.69. The molecular weight excluding hydrogens is 298 g/mol. The molecule has 3 aliphatic rings. The third-order valence-electron chi connectivity index (χ3n) is 5.02. The van der Waals surface area contributed by atoms with Gasteiger partial charge in [0.1, 0.15) is 12.6 Å². The second-order valence-electron chi connectivity index (χ2n) is 6.55. The van der Waals surface area contributed by atoms with Crippen molar-refractivity contribution in [3.05, 3.63) is 35.9 Å². The summed E-state index contributed by atoms with van der Waals surface area (Å²) in [7, 11) is 0. The van der Waals surface area contributed by atoms with Crippen LogP contribution < -0.4 is 21.4 Å². The number of fused-ring (bicyclic) bond motifs is 2. The standard InChI is InChI=1S/C16H24ClN5/c17-13-8-4-7-12-10-22-16(19-14(12)13)20-15(21-22)18-9-11-5-2-1-3-6-11/h1-3,5-6,12-16,18-21H,4,7-10H2. The second kappa shape index (κ2) is 6.43. The van der Waals surface area contributed by atoms with Crippen LogP contribution in [0.3, 0.4) is 0 Å². The van der Waals surface area contributed by atoms with Crippen LogP contribution in [0.25, 0.3) is 0 Å². The molecule has 120 valence electrons. The normalized spacial score (nSPS) is 38.5. The average molecular weight is 322 g/mol. The van der Waals surface area contributed by atoms with E-state index in [1.165, 1.54) is 18.4 Å². The largest absolute Gasteiger partial charge is 0.284 e. The quantitative estimate of drug-likeness (QED) is 0.629. The molecule has 4 N–H and O–H groups in total. The zero-order valence-corrected chi connectivity index (χ0v) is 13.4. The van der Waals surface area contributed by atoms with E-state index in [1.807, 2.05) is 6.07 Å². The zero-order chi connectivity index (χ0) is 14.9. The topological polar surface area (TPSA) is 51.4 Å². The van der Waals surface area contributed by atoms with Crippen molar-refractivity contribution in [1.29, 1.82) is 0 Å². The Balaban J connectivity index is 1.34. The highest BCUT2D eigenvalue weighted by Crippen LogP contribution is 2.32. The van der Waals surface area contributed by atoms with E-state index < -0.39 is 0 Å². The van der Waals surface area contributed by atoms with Gasteiger partial charge in [0.05, 0.1) is 0 Å². The van der Waals surface area contributed by atoms with E-state index in [0.29, 0.717) is 12.0 Å². The Morgan fingerprint density at radius 3 is 2.91 bits per heavy atom. The van der Waals surface area contributed by atoms with E-state index in [1.54, 1.807) is 0 Å². The van der Waals surface area contributed by atoms with Crippen LogP contribution in [0, 0.1) is 5.92 Å². The Bertz CT molecular complexity index is 499. The Labute approximate surface area is 136 Å². The maximum Gasteiger partial charge on any atom is 0.129 e. The minimum atomic E-state index is 0.0895. The lowest BCUT2D eigenvalue weighted by atomic mass is 9.83. The summed E-state index contributed by atoms with van der Waals surface area (Å²) >= 11 is 6.51. The number of hydrogen-bond donors (Lipinski definition) is 4. The van der Waals surface area contributed by atoms with Gasteiger partial charge in [-0.2, -0.15) is 0 Å². The molecule has 2 heterocycles. The number of hydrogen-bond acceptors (Lipinski definition) is 5. The molecule has 0 bridgehead atoms. The molecule has 5 atom stereocenters. The van der Waals surface area contributed by atoms with Crippen molar-refractivity contribution >= 4 is 11.6 Å². The first-order chi connectivity index (χ1) is 10.8. The minimum Gasteiger partial charge on any atom is -0.284 e. The van der Waals surface area contributed by atoms with Crippen LogP contribution in [0.5, 0.6) is 0 Å². The summed E-state index contributed by atoms with van der Waals surface area (Å²) in [5, 5.41) is 13.3. The predicted molar refractivity (Wildman–Crippen MR) is 87.7 cm³/mol. The summed E-state index contributed by atoms with van der Waals surface area (Å²) in [6.07, 6.45) is 3.90. The fourth-order valence-electron chi connectivity index (χ4n) is 3.85. The van der Waals surface area contributed by atoms with Gasteiger partial charge in [-0.25, -0.2) is 10.4 Å². The van der Waals surface area contributed by atoms with Crippen LogP contribution in [0.2, 0.25) is 0 Å². The van der Waals surface area contributed by atoms with Gasteiger partial charge >= 0.3 is 0 Å². The SMILES string of the molecule is ClC1CCCC2CN3NC(NCc4ccccc4)NC3NC12. The van der Waals surface area contributed by atoms with E-state index in [4.69, 9.17) is 11.6 Å². The van der Waals surface area contributed by atoms with Crippen LogP contribution in [0.1, 0.15) is 24.8 Å². The van der Waals surface area contributed by atoms with E-state index in [-0.39, 0.29) is 18.0 Å². The van der Waals surface area contributed by atoms with Crippen molar-refractivity contribution in [2.45, 2.75) is 49.8 Å². The molecule has 6 heteroatoms. The van der Waals surface area contributed by atoms with Crippen LogP contribution in [-0.2, 0) is 6.54 Å². The molecule has 0 radical (unpaired) electrons. The molecule has 4 rings (SSSR count). The van der Waals surface area contributed by atoms with Crippen molar-refractivity contribution in [2.75, 3.05) is 6.54 Å². The molecule has 5 nitrogen and oxygen atoms in total. The molecule has 0 aromatic heterocycles. The Hall–Kier alpha value is -0.690. The predicted octanol–water partition coefficient (Wildman–Crippen LogP) is 1.13. The van der Waals surface area contributed by atoms with Gasteiger partial charge in [-0.1, -0.05) is 36.8 Å². The van der Waals surface area contributed by atoms with Crippen molar-refractivity contribution in [1.82, 2.24) is 26.4 Å². The van der Waals surface area contributed by atoms with Gasteiger partial charge in [-0.3, -0.25) is 16.0 Å².